The van der Waals surface area contributed by atoms with Gasteiger partial charge in [-0.05, 0) is 19.3 Å². The van der Waals surface area contributed by atoms with Gasteiger partial charge in [-0.15, -0.1) is 0 Å². The lowest BCUT2D eigenvalue weighted by atomic mass is 9.93. The molecule has 0 aliphatic rings. The van der Waals surface area contributed by atoms with E-state index < -0.39 is 0 Å². The summed E-state index contributed by atoms with van der Waals surface area (Å²) in [6, 6.07) is 8.09. The van der Waals surface area contributed by atoms with Crippen LogP contribution in [0, 0.1) is 57.2 Å². The third-order valence-electron chi connectivity index (χ3n) is 2.17. The first-order valence-electron chi connectivity index (χ1n) is 4.81. The minimum atomic E-state index is -0.284. The Hall–Kier alpha value is -2.04. The van der Waals surface area contributed by atoms with E-state index in [4.69, 9.17) is 21.0 Å². The minimum absolute atomic E-state index is 0.167. The molecular formula is C11H12N4. The smallest absolute Gasteiger partial charge is 0.0666 e. The van der Waals surface area contributed by atoms with E-state index in [1.165, 1.54) is 0 Å². The summed E-state index contributed by atoms with van der Waals surface area (Å²) in [5.74, 6) is -0.452. The Balaban J connectivity index is 3.92. The van der Waals surface area contributed by atoms with Gasteiger partial charge in [0.1, 0.15) is 0 Å². The Bertz CT molecular complexity index is 334. The van der Waals surface area contributed by atoms with Gasteiger partial charge in [0.05, 0.1) is 36.6 Å². The van der Waals surface area contributed by atoms with Crippen LogP contribution in [0.1, 0.15) is 32.1 Å². The Morgan fingerprint density at radius 3 is 1.80 bits per heavy atom. The van der Waals surface area contributed by atoms with Crippen LogP contribution < -0.4 is 0 Å². The lowest BCUT2D eigenvalue weighted by Gasteiger charge is -2.08. The molecule has 0 amide bonds. The molecule has 4 nitrogen and oxygen atoms in total. The van der Waals surface area contributed by atoms with E-state index >= 15 is 0 Å². The number of nitrogens with zero attached hydrogens (tertiary/aromatic N) is 4. The van der Waals surface area contributed by atoms with E-state index in [0.29, 0.717) is 25.7 Å². The standard InChI is InChI=1S/C11H12N4/c12-6-1-2-10(8-14)3-4-11(9-15)5-7-13/h10-11H,1-5H2. The third kappa shape index (κ3) is 6.09. The van der Waals surface area contributed by atoms with Crippen molar-refractivity contribution < 1.29 is 0 Å². The molecule has 0 fully saturated rings. The second-order valence-electron chi connectivity index (χ2n) is 3.29. The van der Waals surface area contributed by atoms with Gasteiger partial charge in [-0.1, -0.05) is 0 Å². The maximum Gasteiger partial charge on any atom is 0.0666 e. The summed E-state index contributed by atoms with van der Waals surface area (Å²) >= 11 is 0. The van der Waals surface area contributed by atoms with Crippen LogP contribution in [0.5, 0.6) is 0 Å². The molecule has 0 heterocycles. The molecule has 0 aliphatic heterocycles. The molecule has 0 radical (unpaired) electrons. The predicted molar refractivity (Wildman–Crippen MR) is 52.5 cm³/mol. The van der Waals surface area contributed by atoms with Gasteiger partial charge in [0, 0.05) is 12.3 Å². The van der Waals surface area contributed by atoms with Crippen molar-refractivity contribution in [2.45, 2.75) is 32.1 Å². The van der Waals surface area contributed by atoms with E-state index in [1.54, 1.807) is 0 Å². The minimum Gasteiger partial charge on any atom is -0.198 e. The van der Waals surface area contributed by atoms with Crippen molar-refractivity contribution >= 4 is 0 Å². The zero-order valence-electron chi connectivity index (χ0n) is 8.48. The Morgan fingerprint density at radius 2 is 1.33 bits per heavy atom. The third-order valence-corrected chi connectivity index (χ3v) is 2.17. The van der Waals surface area contributed by atoms with Gasteiger partial charge in [0.2, 0.25) is 0 Å². The van der Waals surface area contributed by atoms with Crippen LogP contribution in [0.3, 0.4) is 0 Å². The normalized spacial score (nSPS) is 12.5. The van der Waals surface area contributed by atoms with Crippen LogP contribution >= 0.6 is 0 Å². The molecule has 15 heavy (non-hydrogen) atoms. The molecular weight excluding hydrogens is 188 g/mol. The average molecular weight is 200 g/mol. The lowest BCUT2D eigenvalue weighted by Crippen LogP contribution is -2.02. The van der Waals surface area contributed by atoms with Crippen molar-refractivity contribution in [3.8, 4) is 24.3 Å². The molecule has 76 valence electrons. The first kappa shape index (κ1) is 13.0. The van der Waals surface area contributed by atoms with Gasteiger partial charge in [0.25, 0.3) is 0 Å². The first-order chi connectivity index (χ1) is 7.28. The van der Waals surface area contributed by atoms with Crippen molar-refractivity contribution in [3.63, 3.8) is 0 Å². The van der Waals surface area contributed by atoms with Crippen LogP contribution in [0.25, 0.3) is 0 Å². The van der Waals surface area contributed by atoms with Crippen molar-refractivity contribution in [2.75, 3.05) is 0 Å². The van der Waals surface area contributed by atoms with Crippen molar-refractivity contribution in [3.05, 3.63) is 0 Å². The van der Waals surface area contributed by atoms with E-state index in [1.807, 2.05) is 18.2 Å². The van der Waals surface area contributed by atoms with Gasteiger partial charge in [-0.3, -0.25) is 0 Å². The fourth-order valence-corrected chi connectivity index (χ4v) is 1.24. The van der Waals surface area contributed by atoms with Gasteiger partial charge >= 0.3 is 0 Å². The molecule has 0 bridgehead atoms. The molecule has 0 N–H and O–H groups in total. The molecule has 4 heteroatoms. The highest BCUT2D eigenvalue weighted by atomic mass is 14.3. The Kier molecular flexibility index (Phi) is 7.39. The van der Waals surface area contributed by atoms with Crippen LogP contribution in [-0.4, -0.2) is 0 Å². The van der Waals surface area contributed by atoms with Crippen molar-refractivity contribution in [2.24, 2.45) is 11.8 Å². The van der Waals surface area contributed by atoms with Crippen LogP contribution in [-0.2, 0) is 0 Å². The maximum atomic E-state index is 8.76. The van der Waals surface area contributed by atoms with Gasteiger partial charge in [0.15, 0.2) is 0 Å². The molecule has 0 aromatic heterocycles. The van der Waals surface area contributed by atoms with Crippen LogP contribution in [0.4, 0.5) is 0 Å². The predicted octanol–water partition coefficient (Wildman–Crippen LogP) is 2.26. The SMILES string of the molecule is N#CCCC(C#N)CCC(C#N)CC#N. The van der Waals surface area contributed by atoms with Gasteiger partial charge in [-0.25, -0.2) is 0 Å². The summed E-state index contributed by atoms with van der Waals surface area (Å²) in [5.41, 5.74) is 0. The quantitative estimate of drug-likeness (QED) is 0.656. The van der Waals surface area contributed by atoms with E-state index in [9.17, 15) is 0 Å². The Labute approximate surface area is 90.0 Å². The molecule has 2 unspecified atom stereocenters. The molecule has 0 aromatic rings. The first-order valence-corrected chi connectivity index (χ1v) is 4.81. The molecule has 2 atom stereocenters. The second-order valence-corrected chi connectivity index (χ2v) is 3.29. The summed E-state index contributed by atoms with van der Waals surface area (Å²) in [6.07, 6.45) is 2.30. The van der Waals surface area contributed by atoms with Crippen LogP contribution in [0.2, 0.25) is 0 Å². The van der Waals surface area contributed by atoms with Gasteiger partial charge < -0.3 is 0 Å². The average Bonchev–Trinajstić information content (AvgIpc) is 2.27. The zero-order valence-corrected chi connectivity index (χ0v) is 8.48. The number of hydrogen-bond donors (Lipinski definition) is 0. The largest absolute Gasteiger partial charge is 0.198 e. The fourth-order valence-electron chi connectivity index (χ4n) is 1.24. The molecule has 0 saturated heterocycles. The highest BCUT2D eigenvalue weighted by molar-refractivity contribution is 4.92. The molecule has 0 spiro atoms. The second kappa shape index (κ2) is 8.55. The molecule has 0 saturated carbocycles. The summed E-state index contributed by atoms with van der Waals surface area (Å²) in [7, 11) is 0. The summed E-state index contributed by atoms with van der Waals surface area (Å²) in [5, 5.41) is 34.2. The number of nitriles is 4. The van der Waals surface area contributed by atoms with Gasteiger partial charge in [-0.2, -0.15) is 21.0 Å². The van der Waals surface area contributed by atoms with Crippen molar-refractivity contribution in [1.82, 2.24) is 0 Å². The van der Waals surface area contributed by atoms with Crippen molar-refractivity contribution in [1.29, 1.82) is 21.0 Å². The molecule has 0 aliphatic carbocycles. The maximum absolute atomic E-state index is 8.76. The summed E-state index contributed by atoms with van der Waals surface area (Å²) in [4.78, 5) is 0. The topological polar surface area (TPSA) is 95.2 Å². The van der Waals surface area contributed by atoms with Crippen LogP contribution in [0.15, 0.2) is 0 Å². The zero-order chi connectivity index (χ0) is 11.5. The fraction of sp³-hybridized carbons (Fsp3) is 0.636. The van der Waals surface area contributed by atoms with E-state index in [-0.39, 0.29) is 18.3 Å². The summed E-state index contributed by atoms with van der Waals surface area (Å²) in [6.45, 7) is 0. The molecule has 0 rings (SSSR count). The lowest BCUT2D eigenvalue weighted by molar-refractivity contribution is 0.485. The molecule has 0 aromatic carbocycles. The highest BCUT2D eigenvalue weighted by Crippen LogP contribution is 2.18. The highest BCUT2D eigenvalue weighted by Gasteiger charge is 2.12. The number of hydrogen-bond acceptors (Lipinski definition) is 4. The monoisotopic (exact) mass is 200 g/mol. The number of rotatable bonds is 6. The van der Waals surface area contributed by atoms with E-state index in [2.05, 4.69) is 6.07 Å². The summed E-state index contributed by atoms with van der Waals surface area (Å²) < 4.78 is 0. The van der Waals surface area contributed by atoms with E-state index in [0.717, 1.165) is 0 Å². The Morgan fingerprint density at radius 1 is 0.733 bits per heavy atom.